The highest BCUT2D eigenvalue weighted by atomic mass is 32.2. The molecule has 1 fully saturated rings. The molecule has 0 N–H and O–H groups in total. The SMILES string of the molecule is CC[C@H]1[C@@H](c2ccccc2)N1S(=O)(=O)c1ccc(C)cc1. The molecule has 1 heterocycles. The van der Waals surface area contributed by atoms with E-state index in [0.29, 0.717) is 4.90 Å². The number of aryl methyl sites for hydroxylation is 1. The van der Waals surface area contributed by atoms with E-state index in [1.807, 2.05) is 56.3 Å². The Bertz CT molecular complexity index is 723. The molecule has 110 valence electrons. The molecule has 0 amide bonds. The summed E-state index contributed by atoms with van der Waals surface area (Å²) in [4.78, 5) is 0.380. The molecule has 21 heavy (non-hydrogen) atoms. The highest BCUT2D eigenvalue weighted by Gasteiger charge is 2.54. The number of rotatable bonds is 4. The number of hydrogen-bond donors (Lipinski definition) is 0. The summed E-state index contributed by atoms with van der Waals surface area (Å²) in [6, 6.07) is 17.0. The fourth-order valence-electron chi connectivity index (χ4n) is 2.84. The van der Waals surface area contributed by atoms with Crippen molar-refractivity contribution in [1.29, 1.82) is 0 Å². The highest BCUT2D eigenvalue weighted by Crippen LogP contribution is 2.48. The van der Waals surface area contributed by atoms with Crippen LogP contribution in [0.3, 0.4) is 0 Å². The van der Waals surface area contributed by atoms with Crippen LogP contribution < -0.4 is 0 Å². The predicted molar refractivity (Wildman–Crippen MR) is 83.5 cm³/mol. The molecular formula is C17H19NO2S. The molecule has 3 atom stereocenters. The van der Waals surface area contributed by atoms with Crippen LogP contribution >= 0.6 is 0 Å². The Morgan fingerprint density at radius 3 is 2.19 bits per heavy atom. The second-order valence-corrected chi connectivity index (χ2v) is 7.32. The molecule has 0 spiro atoms. The van der Waals surface area contributed by atoms with Crippen molar-refractivity contribution in [3.8, 4) is 0 Å². The van der Waals surface area contributed by atoms with Gasteiger partial charge in [0.1, 0.15) is 0 Å². The summed E-state index contributed by atoms with van der Waals surface area (Å²) in [5.74, 6) is 0. The van der Waals surface area contributed by atoms with Crippen molar-refractivity contribution in [2.24, 2.45) is 0 Å². The van der Waals surface area contributed by atoms with E-state index in [1.54, 1.807) is 16.4 Å². The average Bonchev–Trinajstić information content (AvgIpc) is 3.24. The van der Waals surface area contributed by atoms with Crippen LogP contribution in [0, 0.1) is 6.92 Å². The van der Waals surface area contributed by atoms with E-state index >= 15 is 0 Å². The Labute approximate surface area is 126 Å². The van der Waals surface area contributed by atoms with Crippen molar-refractivity contribution >= 4 is 10.0 Å². The maximum absolute atomic E-state index is 12.8. The van der Waals surface area contributed by atoms with Gasteiger partial charge in [0.25, 0.3) is 0 Å². The fourth-order valence-corrected chi connectivity index (χ4v) is 4.69. The molecule has 3 nitrogen and oxygen atoms in total. The van der Waals surface area contributed by atoms with Gasteiger partial charge in [-0.1, -0.05) is 55.0 Å². The minimum absolute atomic E-state index is 0.0255. The van der Waals surface area contributed by atoms with E-state index in [1.165, 1.54) is 0 Å². The molecule has 1 unspecified atom stereocenters. The summed E-state index contributed by atoms with van der Waals surface area (Å²) < 4.78 is 27.2. The first kappa shape index (κ1) is 14.3. The van der Waals surface area contributed by atoms with Crippen molar-refractivity contribution in [3.05, 3.63) is 65.7 Å². The summed E-state index contributed by atoms with van der Waals surface area (Å²) >= 11 is 0. The maximum Gasteiger partial charge on any atom is 0.244 e. The molecule has 0 saturated carbocycles. The van der Waals surface area contributed by atoms with Gasteiger partial charge in [0.2, 0.25) is 10.0 Å². The van der Waals surface area contributed by atoms with Crippen molar-refractivity contribution < 1.29 is 8.42 Å². The maximum atomic E-state index is 12.8. The van der Waals surface area contributed by atoms with E-state index in [-0.39, 0.29) is 12.1 Å². The molecule has 0 radical (unpaired) electrons. The quantitative estimate of drug-likeness (QED) is 0.810. The number of hydrogen-bond acceptors (Lipinski definition) is 2. The topological polar surface area (TPSA) is 37.1 Å². The minimum atomic E-state index is -3.41. The zero-order valence-corrected chi connectivity index (χ0v) is 13.0. The average molecular weight is 301 g/mol. The zero-order chi connectivity index (χ0) is 15.0. The molecule has 0 aliphatic carbocycles. The van der Waals surface area contributed by atoms with E-state index in [9.17, 15) is 8.42 Å². The Morgan fingerprint density at radius 1 is 1.00 bits per heavy atom. The van der Waals surface area contributed by atoms with Crippen LogP contribution in [0.4, 0.5) is 0 Å². The van der Waals surface area contributed by atoms with E-state index in [4.69, 9.17) is 0 Å². The third-order valence-electron chi connectivity index (χ3n) is 4.03. The van der Waals surface area contributed by atoms with Crippen LogP contribution in [-0.2, 0) is 10.0 Å². The predicted octanol–water partition coefficient (Wildman–Crippen LogP) is 3.52. The van der Waals surface area contributed by atoms with Gasteiger partial charge in [-0.25, -0.2) is 8.42 Å². The summed E-state index contributed by atoms with van der Waals surface area (Å²) in [5, 5.41) is 0. The van der Waals surface area contributed by atoms with E-state index in [0.717, 1.165) is 17.5 Å². The van der Waals surface area contributed by atoms with Gasteiger partial charge >= 0.3 is 0 Å². The lowest BCUT2D eigenvalue weighted by Gasteiger charge is -2.07. The first-order chi connectivity index (χ1) is 10.1. The third-order valence-corrected chi connectivity index (χ3v) is 5.95. The lowest BCUT2D eigenvalue weighted by Crippen LogP contribution is -2.14. The second kappa shape index (κ2) is 5.28. The fraction of sp³-hybridized carbons (Fsp3) is 0.294. The molecule has 0 bridgehead atoms. The molecule has 1 aliphatic heterocycles. The first-order valence-corrected chi connectivity index (χ1v) is 8.65. The molecule has 1 saturated heterocycles. The number of benzene rings is 2. The lowest BCUT2D eigenvalue weighted by molar-refractivity contribution is 0.544. The Balaban J connectivity index is 1.94. The Morgan fingerprint density at radius 2 is 1.62 bits per heavy atom. The largest absolute Gasteiger partial charge is 0.244 e. The Kier molecular flexibility index (Phi) is 3.59. The van der Waals surface area contributed by atoms with E-state index in [2.05, 4.69) is 0 Å². The van der Waals surface area contributed by atoms with Gasteiger partial charge in [-0.05, 0) is 31.0 Å². The van der Waals surface area contributed by atoms with Crippen LogP contribution in [0.25, 0.3) is 0 Å². The van der Waals surface area contributed by atoms with Gasteiger partial charge in [-0.3, -0.25) is 0 Å². The summed E-state index contributed by atoms with van der Waals surface area (Å²) in [7, 11) is -3.41. The van der Waals surface area contributed by atoms with Crippen molar-refractivity contribution in [2.75, 3.05) is 0 Å². The van der Waals surface area contributed by atoms with E-state index < -0.39 is 10.0 Å². The number of nitrogens with zero attached hydrogens (tertiary/aromatic N) is 1. The molecule has 4 heteroatoms. The summed E-state index contributed by atoms with van der Waals surface area (Å²) in [6.45, 7) is 3.99. The van der Waals surface area contributed by atoms with Gasteiger partial charge in [0.15, 0.2) is 0 Å². The standard InChI is InChI=1S/C17H19NO2S/c1-3-16-17(14-7-5-4-6-8-14)18(16)21(19,20)15-11-9-13(2)10-12-15/h4-12,16-17H,3H2,1-2H3/t16-,17+,18?/m0/s1. The normalized spacial score (nSPS) is 24.8. The second-order valence-electron chi connectivity index (χ2n) is 5.48. The van der Waals surface area contributed by atoms with Crippen molar-refractivity contribution in [1.82, 2.24) is 4.31 Å². The van der Waals surface area contributed by atoms with Crippen LogP contribution in [-0.4, -0.2) is 18.8 Å². The van der Waals surface area contributed by atoms with Gasteiger partial charge in [-0.15, -0.1) is 0 Å². The van der Waals surface area contributed by atoms with Gasteiger partial charge < -0.3 is 0 Å². The monoisotopic (exact) mass is 301 g/mol. The van der Waals surface area contributed by atoms with Crippen LogP contribution in [0.15, 0.2) is 59.5 Å². The molecular weight excluding hydrogens is 282 g/mol. The summed E-state index contributed by atoms with van der Waals surface area (Å²) in [6.07, 6.45) is 0.824. The first-order valence-electron chi connectivity index (χ1n) is 7.21. The van der Waals surface area contributed by atoms with Gasteiger partial charge in [0, 0.05) is 6.04 Å². The minimum Gasteiger partial charge on any atom is -0.207 e. The Hall–Kier alpha value is -1.65. The summed E-state index contributed by atoms with van der Waals surface area (Å²) in [5.41, 5.74) is 2.13. The van der Waals surface area contributed by atoms with Crippen molar-refractivity contribution in [3.63, 3.8) is 0 Å². The molecule has 2 aromatic rings. The molecule has 2 aromatic carbocycles. The van der Waals surface area contributed by atoms with Crippen molar-refractivity contribution in [2.45, 2.75) is 37.2 Å². The van der Waals surface area contributed by atoms with Crippen LogP contribution in [0.1, 0.15) is 30.5 Å². The molecule has 1 aliphatic rings. The van der Waals surface area contributed by atoms with Gasteiger partial charge in [0.05, 0.1) is 10.9 Å². The zero-order valence-electron chi connectivity index (χ0n) is 12.2. The van der Waals surface area contributed by atoms with Gasteiger partial charge in [-0.2, -0.15) is 4.31 Å². The smallest absolute Gasteiger partial charge is 0.207 e. The van der Waals surface area contributed by atoms with Crippen LogP contribution in [0.5, 0.6) is 0 Å². The highest BCUT2D eigenvalue weighted by molar-refractivity contribution is 7.89. The lowest BCUT2D eigenvalue weighted by atomic mass is 10.1. The molecule has 3 rings (SSSR count). The van der Waals surface area contributed by atoms with Crippen LogP contribution in [0.2, 0.25) is 0 Å². The number of sulfonamides is 1. The molecule has 0 aromatic heterocycles. The third kappa shape index (κ3) is 2.49.